The minimum absolute atomic E-state index is 0.0104. The molecule has 232 valence electrons. The quantitative estimate of drug-likeness (QED) is 0.291. The van der Waals surface area contributed by atoms with Crippen LogP contribution in [0.3, 0.4) is 0 Å². The van der Waals surface area contributed by atoms with Crippen LogP contribution in [0.5, 0.6) is 5.75 Å². The number of aliphatic hydroxyl groups is 1. The van der Waals surface area contributed by atoms with Crippen LogP contribution >= 0.6 is 0 Å². The van der Waals surface area contributed by atoms with Gasteiger partial charge in [0.15, 0.2) is 6.10 Å². The number of fused-ring (bicyclic) bond motifs is 1. The molecule has 2 aliphatic rings. The van der Waals surface area contributed by atoms with E-state index in [1.165, 1.54) is 6.07 Å². The van der Waals surface area contributed by atoms with Crippen LogP contribution in [-0.2, 0) is 22.6 Å². The number of phenols is 1. The lowest BCUT2D eigenvalue weighted by atomic mass is 9.72. The Hall–Kier alpha value is -4.17. The highest BCUT2D eigenvalue weighted by Crippen LogP contribution is 2.39. The zero-order chi connectivity index (χ0) is 31.2. The summed E-state index contributed by atoms with van der Waals surface area (Å²) in [5, 5.41) is 27.8. The summed E-state index contributed by atoms with van der Waals surface area (Å²) in [6.07, 6.45) is 3.42. The van der Waals surface area contributed by atoms with Crippen molar-refractivity contribution in [3.63, 3.8) is 0 Å². The normalized spacial score (nSPS) is 21.1. The molecule has 4 N–H and O–H groups in total. The number of hydrogen-bond donors (Lipinski definition) is 4. The molecule has 8 heteroatoms. The standard InChI is InChI=1S/C36H43N3O5/c1-23-11-6-7-15-27(23)21-37-35(43)31-20-26-14-8-9-16-28(26)22-39(31)36(44)33(41)30(19-25-12-4-3-5-13-25)38-34(42)29-17-10-18-32(40)24(29)2/h3-7,10-13,15,17-18,26,28,30-31,33,40-41H,8-9,14,16,19-22H2,1-2H3,(H,37,43)(H,38,42)/t26?,28?,30-,31-,33-/m0/s1. The van der Waals surface area contributed by atoms with E-state index in [0.29, 0.717) is 31.0 Å². The molecule has 8 nitrogen and oxygen atoms in total. The van der Waals surface area contributed by atoms with Crippen LogP contribution in [0.4, 0.5) is 0 Å². The number of carbonyl (C=O) groups is 3. The van der Waals surface area contributed by atoms with Crippen LogP contribution in [0.2, 0.25) is 0 Å². The fourth-order valence-electron chi connectivity index (χ4n) is 6.80. The zero-order valence-electron chi connectivity index (χ0n) is 25.5. The third kappa shape index (κ3) is 7.13. The van der Waals surface area contributed by atoms with Crippen molar-refractivity contribution in [2.75, 3.05) is 6.54 Å². The highest BCUT2D eigenvalue weighted by molar-refractivity contribution is 5.97. The van der Waals surface area contributed by atoms with Crippen molar-refractivity contribution in [3.8, 4) is 5.75 Å². The van der Waals surface area contributed by atoms with E-state index in [0.717, 1.165) is 42.4 Å². The van der Waals surface area contributed by atoms with Crippen molar-refractivity contribution >= 4 is 17.7 Å². The summed E-state index contributed by atoms with van der Waals surface area (Å²) >= 11 is 0. The van der Waals surface area contributed by atoms with Gasteiger partial charge in [-0.25, -0.2) is 0 Å². The Kier molecular flexibility index (Phi) is 10.0. The molecular weight excluding hydrogens is 554 g/mol. The number of hydrogen-bond acceptors (Lipinski definition) is 5. The second kappa shape index (κ2) is 14.1. The van der Waals surface area contributed by atoms with E-state index in [4.69, 9.17) is 0 Å². The molecular formula is C36H43N3O5. The molecule has 0 bridgehead atoms. The minimum Gasteiger partial charge on any atom is -0.508 e. The Morgan fingerprint density at radius 1 is 0.909 bits per heavy atom. The van der Waals surface area contributed by atoms with Crippen LogP contribution in [0, 0.1) is 25.7 Å². The van der Waals surface area contributed by atoms with Gasteiger partial charge in [0.25, 0.3) is 11.8 Å². The van der Waals surface area contributed by atoms with E-state index in [-0.39, 0.29) is 29.6 Å². The lowest BCUT2D eigenvalue weighted by Gasteiger charge is -2.46. The average Bonchev–Trinajstić information content (AvgIpc) is 3.04. The Morgan fingerprint density at radius 2 is 1.61 bits per heavy atom. The molecule has 1 aliphatic carbocycles. The number of benzene rings is 3. The summed E-state index contributed by atoms with van der Waals surface area (Å²) in [6, 6.07) is 20.3. The first kappa shape index (κ1) is 31.3. The first-order chi connectivity index (χ1) is 21.2. The van der Waals surface area contributed by atoms with Crippen LogP contribution < -0.4 is 10.6 Å². The van der Waals surface area contributed by atoms with Gasteiger partial charge < -0.3 is 25.7 Å². The third-order valence-electron chi connectivity index (χ3n) is 9.50. The van der Waals surface area contributed by atoms with Crippen LogP contribution in [0.15, 0.2) is 72.8 Å². The molecule has 1 saturated carbocycles. The number of nitrogens with zero attached hydrogens (tertiary/aromatic N) is 1. The molecule has 5 atom stereocenters. The molecule has 2 unspecified atom stereocenters. The molecule has 0 radical (unpaired) electrons. The third-order valence-corrected chi connectivity index (χ3v) is 9.50. The van der Waals surface area contributed by atoms with E-state index in [1.54, 1.807) is 24.0 Å². The molecule has 5 rings (SSSR count). The summed E-state index contributed by atoms with van der Waals surface area (Å²) in [5.41, 5.74) is 3.61. The number of likely N-dealkylation sites (tertiary alicyclic amines) is 1. The van der Waals surface area contributed by atoms with Gasteiger partial charge in [-0.05, 0) is 73.8 Å². The van der Waals surface area contributed by atoms with E-state index < -0.39 is 30.0 Å². The number of aliphatic hydroxyl groups excluding tert-OH is 1. The Labute approximate surface area is 259 Å². The first-order valence-corrected chi connectivity index (χ1v) is 15.7. The summed E-state index contributed by atoms with van der Waals surface area (Å²) in [7, 11) is 0. The van der Waals surface area contributed by atoms with Gasteiger partial charge in [-0.15, -0.1) is 0 Å². The molecule has 3 aromatic carbocycles. The van der Waals surface area contributed by atoms with Gasteiger partial charge >= 0.3 is 0 Å². The highest BCUT2D eigenvalue weighted by atomic mass is 16.3. The highest BCUT2D eigenvalue weighted by Gasteiger charge is 2.44. The average molecular weight is 598 g/mol. The molecule has 2 fully saturated rings. The largest absolute Gasteiger partial charge is 0.508 e. The molecule has 1 saturated heterocycles. The Bertz CT molecular complexity index is 1480. The topological polar surface area (TPSA) is 119 Å². The Morgan fingerprint density at radius 3 is 2.36 bits per heavy atom. The van der Waals surface area contributed by atoms with Crippen molar-refractivity contribution < 1.29 is 24.6 Å². The minimum atomic E-state index is -1.58. The molecule has 1 heterocycles. The summed E-state index contributed by atoms with van der Waals surface area (Å²) < 4.78 is 0. The number of nitrogens with one attached hydrogen (secondary N) is 2. The van der Waals surface area contributed by atoms with Gasteiger partial charge in [0.1, 0.15) is 11.8 Å². The monoisotopic (exact) mass is 597 g/mol. The predicted octanol–water partition coefficient (Wildman–Crippen LogP) is 4.43. The first-order valence-electron chi connectivity index (χ1n) is 15.7. The number of aryl methyl sites for hydroxylation is 1. The van der Waals surface area contributed by atoms with Crippen molar-refractivity contribution in [2.24, 2.45) is 11.8 Å². The van der Waals surface area contributed by atoms with E-state index in [9.17, 15) is 24.6 Å². The van der Waals surface area contributed by atoms with Gasteiger partial charge in [-0.1, -0.05) is 79.9 Å². The van der Waals surface area contributed by atoms with E-state index in [2.05, 4.69) is 10.6 Å². The Balaban J connectivity index is 1.39. The van der Waals surface area contributed by atoms with Gasteiger partial charge in [-0.2, -0.15) is 0 Å². The lowest BCUT2D eigenvalue weighted by molar-refractivity contribution is -0.153. The van der Waals surface area contributed by atoms with Gasteiger partial charge in [0.05, 0.1) is 6.04 Å². The maximum atomic E-state index is 14.2. The second-order valence-electron chi connectivity index (χ2n) is 12.4. The fraction of sp³-hybridized carbons (Fsp3) is 0.417. The van der Waals surface area contributed by atoms with Crippen LogP contribution in [-0.4, -0.2) is 57.6 Å². The maximum Gasteiger partial charge on any atom is 0.254 e. The number of rotatable bonds is 9. The summed E-state index contributed by atoms with van der Waals surface area (Å²) in [4.78, 5) is 42.9. The molecule has 1 aliphatic heterocycles. The van der Waals surface area contributed by atoms with Crippen molar-refractivity contribution in [2.45, 2.75) is 77.1 Å². The second-order valence-corrected chi connectivity index (χ2v) is 12.4. The fourth-order valence-corrected chi connectivity index (χ4v) is 6.80. The van der Waals surface area contributed by atoms with E-state index in [1.807, 2.05) is 61.5 Å². The molecule has 0 aromatic heterocycles. The number of piperidine rings is 1. The molecule has 3 amide bonds. The van der Waals surface area contributed by atoms with Gasteiger partial charge in [0.2, 0.25) is 5.91 Å². The number of aromatic hydroxyl groups is 1. The smallest absolute Gasteiger partial charge is 0.254 e. The predicted molar refractivity (Wildman–Crippen MR) is 169 cm³/mol. The van der Waals surface area contributed by atoms with Gasteiger partial charge in [-0.3, -0.25) is 14.4 Å². The molecule has 0 spiro atoms. The summed E-state index contributed by atoms with van der Waals surface area (Å²) in [6.45, 7) is 4.41. The number of phenolic OH excluding ortho intramolecular Hbond substituents is 1. The van der Waals surface area contributed by atoms with Crippen LogP contribution in [0.1, 0.15) is 64.7 Å². The molecule has 3 aromatic rings. The van der Waals surface area contributed by atoms with Crippen molar-refractivity contribution in [1.29, 1.82) is 0 Å². The maximum absolute atomic E-state index is 14.2. The van der Waals surface area contributed by atoms with E-state index >= 15 is 0 Å². The van der Waals surface area contributed by atoms with Crippen molar-refractivity contribution in [1.82, 2.24) is 15.5 Å². The lowest BCUT2D eigenvalue weighted by Crippen LogP contribution is -2.61. The van der Waals surface area contributed by atoms with Gasteiger partial charge in [0, 0.05) is 24.2 Å². The zero-order valence-corrected chi connectivity index (χ0v) is 25.5. The summed E-state index contributed by atoms with van der Waals surface area (Å²) in [5.74, 6) is -0.658. The number of carbonyl (C=O) groups excluding carboxylic acids is 3. The molecule has 44 heavy (non-hydrogen) atoms. The number of amides is 3. The van der Waals surface area contributed by atoms with Crippen molar-refractivity contribution in [3.05, 3.63) is 101 Å². The van der Waals surface area contributed by atoms with Crippen LogP contribution in [0.25, 0.3) is 0 Å². The SMILES string of the molecule is Cc1ccccc1CNC(=O)[C@@H]1CC2CCCCC2CN1C(=O)[C@@H](O)[C@H](Cc1ccccc1)NC(=O)c1cccc(O)c1C.